The van der Waals surface area contributed by atoms with Gasteiger partial charge in [0, 0.05) is 19.5 Å². The molecule has 9 nitrogen and oxygen atoms in total. The number of nitrogens with one attached hydrogen (secondary N) is 2. The fraction of sp³-hybridized carbons (Fsp3) is 0.400. The zero-order valence-electron chi connectivity index (χ0n) is 17.1. The van der Waals surface area contributed by atoms with Crippen molar-refractivity contribution in [2.75, 3.05) is 13.7 Å². The molecule has 1 heterocycles. The first-order valence-electron chi connectivity index (χ1n) is 9.69. The number of nitrogens with zero attached hydrogens (tertiary/aromatic N) is 2. The first kappa shape index (κ1) is 23.5. The number of amides is 2. The van der Waals surface area contributed by atoms with Crippen LogP contribution in [0.1, 0.15) is 41.7 Å². The molecule has 2 unspecified atom stereocenters. The summed E-state index contributed by atoms with van der Waals surface area (Å²) >= 11 is 0. The molecule has 0 saturated heterocycles. The Morgan fingerprint density at radius 2 is 1.90 bits per heavy atom. The lowest BCUT2D eigenvalue weighted by Crippen LogP contribution is -2.54. The van der Waals surface area contributed by atoms with Gasteiger partial charge in [-0.1, -0.05) is 30.3 Å². The molecule has 1 aromatic heterocycles. The summed E-state index contributed by atoms with van der Waals surface area (Å²) < 4.78 is 4.87. The molecule has 2 amide bonds. The third-order valence-corrected chi connectivity index (χ3v) is 4.42. The molecular formula is C20H27BN4O5. The second-order valence-corrected chi connectivity index (χ2v) is 6.97. The summed E-state index contributed by atoms with van der Waals surface area (Å²) in [6.07, 6.45) is 6.84. The van der Waals surface area contributed by atoms with Crippen molar-refractivity contribution in [1.29, 1.82) is 0 Å². The van der Waals surface area contributed by atoms with E-state index in [1.165, 1.54) is 51.0 Å². The topological polar surface area (TPSA) is 134 Å². The van der Waals surface area contributed by atoms with Crippen molar-refractivity contribution >= 4 is 18.9 Å². The third-order valence-electron chi connectivity index (χ3n) is 4.42. The molecule has 2 atom stereocenters. The van der Waals surface area contributed by atoms with Crippen LogP contribution in [0.3, 0.4) is 0 Å². The minimum atomic E-state index is -1.70. The largest absolute Gasteiger partial charge is 0.475 e. The molecule has 0 spiro atoms. The Kier molecular flexibility index (Phi) is 9.39. The van der Waals surface area contributed by atoms with Gasteiger partial charge < -0.3 is 25.4 Å². The molecule has 160 valence electrons. The summed E-state index contributed by atoms with van der Waals surface area (Å²) in [5.74, 6) is -1.16. The number of carbonyl (C=O) groups is 2. The monoisotopic (exact) mass is 414 g/mol. The quantitative estimate of drug-likeness (QED) is 0.457. The van der Waals surface area contributed by atoms with Crippen molar-refractivity contribution in [3.8, 4) is 0 Å². The SMILES string of the molecule is COCC(NC(=O)c1cnccn1)C(=O)NC(C)B(O)O.c1ccc(C2CC2)cc1. The van der Waals surface area contributed by atoms with Crippen molar-refractivity contribution in [1.82, 2.24) is 20.6 Å². The maximum absolute atomic E-state index is 12.0. The highest BCUT2D eigenvalue weighted by Gasteiger charge is 2.27. The number of aromatic nitrogens is 2. The van der Waals surface area contributed by atoms with Crippen molar-refractivity contribution < 1.29 is 24.4 Å². The molecule has 1 aromatic carbocycles. The minimum Gasteiger partial charge on any atom is -0.426 e. The van der Waals surface area contributed by atoms with Gasteiger partial charge in [-0.2, -0.15) is 0 Å². The number of carbonyl (C=O) groups excluding carboxylic acids is 2. The summed E-state index contributed by atoms with van der Waals surface area (Å²) in [6, 6.07) is 9.76. The number of hydrogen-bond donors (Lipinski definition) is 4. The van der Waals surface area contributed by atoms with Gasteiger partial charge in [0.25, 0.3) is 5.91 Å². The number of ether oxygens (including phenoxy) is 1. The van der Waals surface area contributed by atoms with Crippen LogP contribution in [0.15, 0.2) is 48.9 Å². The van der Waals surface area contributed by atoms with E-state index in [9.17, 15) is 9.59 Å². The van der Waals surface area contributed by atoms with Crippen molar-refractivity contribution in [2.24, 2.45) is 0 Å². The van der Waals surface area contributed by atoms with Crippen LogP contribution in [-0.4, -0.2) is 64.6 Å². The van der Waals surface area contributed by atoms with E-state index in [0.29, 0.717) is 0 Å². The van der Waals surface area contributed by atoms with Crippen LogP contribution in [0.25, 0.3) is 0 Å². The summed E-state index contributed by atoms with van der Waals surface area (Å²) in [7, 11) is -0.327. The van der Waals surface area contributed by atoms with Gasteiger partial charge in [-0.15, -0.1) is 0 Å². The van der Waals surface area contributed by atoms with E-state index in [2.05, 4.69) is 50.9 Å². The fourth-order valence-corrected chi connectivity index (χ4v) is 2.54. The van der Waals surface area contributed by atoms with Crippen LogP contribution in [0.5, 0.6) is 0 Å². The number of rotatable bonds is 8. The standard InChI is InChI=1S/C11H17BN4O5.C9H10/c1-7(12(19)20)15-11(18)9(6-21-2)16-10(17)8-5-13-3-4-14-8;1-2-4-8(5-3-1)9-6-7-9/h3-5,7,9,19-20H,6H2,1-2H3,(H,15,18)(H,16,17);1-5,9H,6-7H2. The Labute approximate surface area is 176 Å². The van der Waals surface area contributed by atoms with Crippen LogP contribution in [-0.2, 0) is 9.53 Å². The molecule has 1 saturated carbocycles. The van der Waals surface area contributed by atoms with Crippen molar-refractivity contribution in [3.63, 3.8) is 0 Å². The lowest BCUT2D eigenvalue weighted by atomic mass is 9.81. The maximum atomic E-state index is 12.0. The molecule has 30 heavy (non-hydrogen) atoms. The zero-order chi connectivity index (χ0) is 21.9. The molecule has 1 aliphatic carbocycles. The molecule has 10 heteroatoms. The Balaban J connectivity index is 0.000000290. The van der Waals surface area contributed by atoms with Gasteiger partial charge in [0.15, 0.2) is 0 Å². The minimum absolute atomic E-state index is 0.0571. The van der Waals surface area contributed by atoms with E-state index in [1.807, 2.05) is 0 Å². The number of benzene rings is 1. The maximum Gasteiger partial charge on any atom is 0.475 e. The average molecular weight is 414 g/mol. The number of hydrogen-bond acceptors (Lipinski definition) is 7. The van der Waals surface area contributed by atoms with Gasteiger partial charge in [-0.3, -0.25) is 14.6 Å². The smallest absolute Gasteiger partial charge is 0.426 e. The highest BCUT2D eigenvalue weighted by Crippen LogP contribution is 2.39. The highest BCUT2D eigenvalue weighted by atomic mass is 16.5. The van der Waals surface area contributed by atoms with E-state index in [0.717, 1.165) is 5.92 Å². The second kappa shape index (κ2) is 12.0. The first-order valence-corrected chi connectivity index (χ1v) is 9.69. The van der Waals surface area contributed by atoms with Gasteiger partial charge in [0.1, 0.15) is 11.7 Å². The zero-order valence-corrected chi connectivity index (χ0v) is 17.1. The molecule has 0 radical (unpaired) electrons. The van der Waals surface area contributed by atoms with Crippen LogP contribution < -0.4 is 10.6 Å². The summed E-state index contributed by atoms with van der Waals surface area (Å²) in [4.78, 5) is 31.4. The average Bonchev–Trinajstić information content (AvgIpc) is 3.60. The van der Waals surface area contributed by atoms with E-state index < -0.39 is 30.9 Å². The Morgan fingerprint density at radius 1 is 1.20 bits per heavy atom. The first-order chi connectivity index (χ1) is 14.4. The van der Waals surface area contributed by atoms with E-state index >= 15 is 0 Å². The van der Waals surface area contributed by atoms with Gasteiger partial charge in [0.2, 0.25) is 5.91 Å². The van der Waals surface area contributed by atoms with Gasteiger partial charge >= 0.3 is 7.12 Å². The van der Waals surface area contributed by atoms with Crippen molar-refractivity contribution in [2.45, 2.75) is 37.7 Å². The van der Waals surface area contributed by atoms with E-state index in [4.69, 9.17) is 14.8 Å². The normalized spacial score (nSPS) is 14.5. The molecule has 1 fully saturated rings. The Morgan fingerprint density at radius 3 is 2.43 bits per heavy atom. The van der Waals surface area contributed by atoms with Crippen molar-refractivity contribution in [3.05, 3.63) is 60.2 Å². The summed E-state index contributed by atoms with van der Waals surface area (Å²) in [5.41, 5.74) is 1.58. The molecule has 0 bridgehead atoms. The number of methoxy groups -OCH3 is 1. The molecule has 1 aliphatic rings. The summed E-state index contributed by atoms with van der Waals surface area (Å²) in [6.45, 7) is 1.34. The Hall–Kier alpha value is -2.82. The molecule has 2 aromatic rings. The highest BCUT2D eigenvalue weighted by molar-refractivity contribution is 6.43. The molecule has 4 N–H and O–H groups in total. The lowest BCUT2D eigenvalue weighted by molar-refractivity contribution is -0.124. The predicted octanol–water partition coefficient (Wildman–Crippen LogP) is 0.302. The molecule has 3 rings (SSSR count). The van der Waals surface area contributed by atoms with Gasteiger partial charge in [-0.25, -0.2) is 4.98 Å². The molecular weight excluding hydrogens is 387 g/mol. The Bertz CT molecular complexity index is 790. The summed E-state index contributed by atoms with van der Waals surface area (Å²) in [5, 5.41) is 22.7. The van der Waals surface area contributed by atoms with Crippen LogP contribution in [0, 0.1) is 0 Å². The van der Waals surface area contributed by atoms with E-state index in [-0.39, 0.29) is 12.3 Å². The van der Waals surface area contributed by atoms with Gasteiger partial charge in [0.05, 0.1) is 18.7 Å². The lowest BCUT2D eigenvalue weighted by Gasteiger charge is -2.20. The fourth-order valence-electron chi connectivity index (χ4n) is 2.54. The third kappa shape index (κ3) is 7.90. The van der Waals surface area contributed by atoms with E-state index in [1.54, 1.807) is 0 Å². The molecule has 0 aliphatic heterocycles. The predicted molar refractivity (Wildman–Crippen MR) is 111 cm³/mol. The van der Waals surface area contributed by atoms with Crippen LogP contribution >= 0.6 is 0 Å². The second-order valence-electron chi connectivity index (χ2n) is 6.97. The van der Waals surface area contributed by atoms with Crippen LogP contribution in [0.4, 0.5) is 0 Å². The van der Waals surface area contributed by atoms with Crippen LogP contribution in [0.2, 0.25) is 0 Å². The van der Waals surface area contributed by atoms with Gasteiger partial charge in [-0.05, 0) is 31.2 Å².